The van der Waals surface area contributed by atoms with E-state index in [4.69, 9.17) is 5.73 Å². The van der Waals surface area contributed by atoms with Crippen molar-refractivity contribution in [3.63, 3.8) is 0 Å². The van der Waals surface area contributed by atoms with Gasteiger partial charge in [-0.05, 0) is 12.8 Å². The molecule has 0 spiro atoms. The standard InChI is InChI=1S/C12H15FN4O5S2.Na/c13-9(10(18)19)22-17-6-1-2-8(16(4-6)12(17)20)24(21)5-7-3-15-11(14)23-7;/h3,6,8-9H,1-2,4-5H2,(H2,14,15)(H,18,19);/q;+1/p-1/t6-,8-,9+,24-;/m1./s1. The fraction of sp³-hybridized carbons (Fsp3) is 0.583. The average Bonchev–Trinajstić information content (AvgIpc) is 3.04. The molecule has 4 atom stereocenters. The normalized spacial score (nSPS) is 24.8. The number of halogens is 1. The zero-order chi connectivity index (χ0) is 17.4. The van der Waals surface area contributed by atoms with Gasteiger partial charge in [-0.25, -0.2) is 19.0 Å². The minimum atomic E-state index is -2.72. The number of nitrogens with zero attached hydrogens (tertiary/aromatic N) is 3. The molecule has 0 aliphatic carbocycles. The maximum absolute atomic E-state index is 13.2. The van der Waals surface area contributed by atoms with Crippen molar-refractivity contribution in [2.24, 2.45) is 0 Å². The minimum absolute atomic E-state index is 0. The van der Waals surface area contributed by atoms with Crippen LogP contribution in [0.2, 0.25) is 0 Å². The maximum Gasteiger partial charge on any atom is 1.00 e. The summed E-state index contributed by atoms with van der Waals surface area (Å²) in [4.78, 5) is 33.2. The molecule has 3 heterocycles. The third-order valence-corrected chi connectivity index (χ3v) is 6.52. The number of carboxylic acid groups (broad SMARTS) is 1. The Balaban J connectivity index is 0.00000225. The first-order valence-corrected chi connectivity index (χ1v) is 9.25. The van der Waals surface area contributed by atoms with E-state index in [0.29, 0.717) is 23.0 Å². The Morgan fingerprint density at radius 2 is 2.32 bits per heavy atom. The number of carbonyl (C=O) groups is 2. The molecule has 0 aromatic carbocycles. The van der Waals surface area contributed by atoms with Crippen molar-refractivity contribution >= 4 is 39.3 Å². The largest absolute Gasteiger partial charge is 1.00 e. The van der Waals surface area contributed by atoms with Crippen LogP contribution >= 0.6 is 11.3 Å². The number of urea groups is 1. The molecular formula is C12H14FN4NaO5S2. The van der Waals surface area contributed by atoms with Crippen molar-refractivity contribution in [3.05, 3.63) is 11.1 Å². The van der Waals surface area contributed by atoms with E-state index in [-0.39, 0.29) is 41.9 Å². The Kier molecular flexibility index (Phi) is 6.79. The van der Waals surface area contributed by atoms with Crippen LogP contribution in [0.15, 0.2) is 6.20 Å². The molecule has 13 heteroatoms. The minimum Gasteiger partial charge on any atom is -0.544 e. The second kappa shape index (κ2) is 8.27. The smallest absolute Gasteiger partial charge is 0.544 e. The first-order valence-electron chi connectivity index (χ1n) is 7.05. The van der Waals surface area contributed by atoms with E-state index < -0.39 is 40.6 Å². The van der Waals surface area contributed by atoms with Crippen LogP contribution in [0.3, 0.4) is 0 Å². The molecular weight excluding hydrogens is 386 g/mol. The van der Waals surface area contributed by atoms with Crippen molar-refractivity contribution < 1.29 is 57.7 Å². The van der Waals surface area contributed by atoms with E-state index in [2.05, 4.69) is 9.82 Å². The molecule has 2 saturated heterocycles. The number of alkyl halides is 1. The molecule has 2 bridgehead atoms. The molecule has 2 amide bonds. The maximum atomic E-state index is 13.2. The molecule has 0 unspecified atom stereocenters. The molecule has 2 N–H and O–H groups in total. The van der Waals surface area contributed by atoms with Crippen LogP contribution in [-0.2, 0) is 26.2 Å². The zero-order valence-corrected chi connectivity index (χ0v) is 16.9. The molecule has 2 fully saturated rings. The number of hydrogen-bond donors (Lipinski definition) is 1. The third-order valence-electron chi connectivity index (χ3n) is 3.82. The van der Waals surface area contributed by atoms with Crippen LogP contribution in [0, 0.1) is 0 Å². The van der Waals surface area contributed by atoms with E-state index in [1.54, 1.807) is 0 Å². The van der Waals surface area contributed by atoms with E-state index >= 15 is 0 Å². The number of nitrogen functional groups attached to an aromatic ring is 1. The number of amides is 2. The predicted molar refractivity (Wildman–Crippen MR) is 80.1 cm³/mol. The van der Waals surface area contributed by atoms with Crippen molar-refractivity contribution in [1.29, 1.82) is 0 Å². The number of carbonyl (C=O) groups excluding carboxylic acids is 2. The van der Waals surface area contributed by atoms with Crippen LogP contribution in [-0.4, -0.2) is 55.5 Å². The number of hydrogen-bond acceptors (Lipinski definition) is 8. The van der Waals surface area contributed by atoms with Gasteiger partial charge >= 0.3 is 35.6 Å². The SMILES string of the molecule is Nc1ncc(C[S@@](=O)[C@@H]2CC[C@@H]3CN2C(=O)N3O[C@H](F)C(=O)[O-])s1.[Na+]. The first kappa shape index (κ1) is 20.5. The quantitative estimate of drug-likeness (QED) is 0.485. The van der Waals surface area contributed by atoms with E-state index in [1.165, 1.54) is 22.4 Å². The third kappa shape index (κ3) is 4.31. The number of thiazole rings is 1. The summed E-state index contributed by atoms with van der Waals surface area (Å²) in [6.45, 7) is 0.208. The van der Waals surface area contributed by atoms with Gasteiger partial charge in [-0.3, -0.25) is 4.21 Å². The number of rotatable bonds is 6. The fourth-order valence-corrected chi connectivity index (χ4v) is 5.25. The van der Waals surface area contributed by atoms with Gasteiger partial charge in [-0.1, -0.05) is 0 Å². The number of carboxylic acids is 1. The molecule has 2 aliphatic heterocycles. The van der Waals surface area contributed by atoms with Gasteiger partial charge in [-0.15, -0.1) is 11.3 Å². The van der Waals surface area contributed by atoms with Crippen molar-refractivity contribution in [2.75, 3.05) is 12.3 Å². The Bertz CT molecular complexity index is 692. The summed E-state index contributed by atoms with van der Waals surface area (Å²) in [5.74, 6) is -1.85. The Hall–Kier alpha value is -0.790. The van der Waals surface area contributed by atoms with Gasteiger partial charge < -0.3 is 20.5 Å². The Morgan fingerprint density at radius 1 is 1.60 bits per heavy atom. The van der Waals surface area contributed by atoms with E-state index in [9.17, 15) is 23.3 Å². The topological polar surface area (TPSA) is 129 Å². The molecule has 9 nitrogen and oxygen atoms in total. The molecule has 0 saturated carbocycles. The van der Waals surface area contributed by atoms with Gasteiger partial charge in [0, 0.05) is 28.4 Å². The van der Waals surface area contributed by atoms with Crippen LogP contribution in [0.1, 0.15) is 17.7 Å². The van der Waals surface area contributed by atoms with Gasteiger partial charge in [-0.2, -0.15) is 5.06 Å². The zero-order valence-electron chi connectivity index (χ0n) is 13.3. The number of nitrogens with two attached hydrogens (primary N) is 1. The van der Waals surface area contributed by atoms with Crippen molar-refractivity contribution in [2.45, 2.75) is 36.4 Å². The van der Waals surface area contributed by atoms with Crippen molar-refractivity contribution in [3.8, 4) is 0 Å². The summed E-state index contributed by atoms with van der Waals surface area (Å²) < 4.78 is 25.7. The number of anilines is 1. The molecule has 1 aromatic rings. The molecule has 3 rings (SSSR count). The number of fused-ring (bicyclic) bond motifs is 2. The number of piperidine rings is 1. The summed E-state index contributed by atoms with van der Waals surface area (Å²) in [6, 6.07) is -1.16. The Labute approximate surface area is 171 Å². The second-order valence-corrected chi connectivity index (χ2v) is 8.12. The van der Waals surface area contributed by atoms with Gasteiger partial charge in [0.1, 0.15) is 11.3 Å². The summed E-state index contributed by atoms with van der Waals surface area (Å²) in [7, 11) is -1.39. The van der Waals surface area contributed by atoms with Gasteiger partial charge in [0.05, 0.1) is 11.8 Å². The predicted octanol–water partition coefficient (Wildman–Crippen LogP) is -3.82. The average molecular weight is 400 g/mol. The summed E-state index contributed by atoms with van der Waals surface area (Å²) in [6.07, 6.45) is -0.306. The van der Waals surface area contributed by atoms with Gasteiger partial charge in [0.2, 0.25) is 0 Å². The number of hydroxylamine groups is 2. The van der Waals surface area contributed by atoms with Crippen LogP contribution < -0.4 is 40.4 Å². The van der Waals surface area contributed by atoms with E-state index in [1.807, 2.05) is 0 Å². The fourth-order valence-electron chi connectivity index (χ4n) is 2.78. The molecule has 132 valence electrons. The van der Waals surface area contributed by atoms with Gasteiger partial charge in [0.25, 0.3) is 6.36 Å². The van der Waals surface area contributed by atoms with Crippen molar-refractivity contribution in [1.82, 2.24) is 14.9 Å². The summed E-state index contributed by atoms with van der Waals surface area (Å²) in [5.41, 5.74) is 5.54. The second-order valence-electron chi connectivity index (χ2n) is 5.38. The number of aliphatic carboxylic acids is 1. The molecule has 0 radical (unpaired) electrons. The first-order chi connectivity index (χ1) is 11.4. The summed E-state index contributed by atoms with van der Waals surface area (Å²) in [5, 5.41) is 11.0. The number of aromatic nitrogens is 1. The molecule has 25 heavy (non-hydrogen) atoms. The van der Waals surface area contributed by atoms with Crippen LogP contribution in [0.4, 0.5) is 14.3 Å². The monoisotopic (exact) mass is 400 g/mol. The van der Waals surface area contributed by atoms with E-state index in [0.717, 1.165) is 4.88 Å². The Morgan fingerprint density at radius 3 is 2.92 bits per heavy atom. The van der Waals surface area contributed by atoms with Crippen LogP contribution in [0.25, 0.3) is 0 Å². The van der Waals surface area contributed by atoms with Gasteiger partial charge in [0.15, 0.2) is 5.13 Å². The van der Waals surface area contributed by atoms with Crippen LogP contribution in [0.5, 0.6) is 0 Å². The summed E-state index contributed by atoms with van der Waals surface area (Å²) >= 11 is 1.23. The molecule has 2 aliphatic rings. The molecule has 1 aromatic heterocycles.